The van der Waals surface area contributed by atoms with Crippen molar-refractivity contribution in [3.05, 3.63) is 45.9 Å². The Hall–Kier alpha value is -1.92. The van der Waals surface area contributed by atoms with Gasteiger partial charge >= 0.3 is 18.4 Å². The van der Waals surface area contributed by atoms with Gasteiger partial charge in [0.2, 0.25) is 0 Å². The molecule has 0 atom stereocenters. The zero-order valence-corrected chi connectivity index (χ0v) is 11.5. The quantitative estimate of drug-likeness (QED) is 0.363. The third kappa shape index (κ3) is 4.99. The Morgan fingerprint density at radius 1 is 1.35 bits per heavy atom. The maximum absolute atomic E-state index is 12.9. The molecule has 106 valence electrons. The summed E-state index contributed by atoms with van der Waals surface area (Å²) in [5.41, 5.74) is 7.08. The fourth-order valence-electron chi connectivity index (χ4n) is 1.32. The third-order valence-corrected chi connectivity index (χ3v) is 2.67. The predicted octanol–water partition coefficient (Wildman–Crippen LogP) is 3.24. The fourth-order valence-corrected chi connectivity index (χ4v) is 1.58. The summed E-state index contributed by atoms with van der Waals surface area (Å²) in [4.78, 5) is 13.2. The molecule has 0 spiro atoms. The van der Waals surface area contributed by atoms with Gasteiger partial charge in [0.05, 0.1) is 5.57 Å². The van der Waals surface area contributed by atoms with Crippen LogP contribution < -0.4 is 0 Å². The molecule has 0 saturated carbocycles. The first-order chi connectivity index (χ1) is 9.34. The molecule has 0 fully saturated rings. The summed E-state index contributed by atoms with van der Waals surface area (Å²) in [6, 6.07) is 5.53. The van der Waals surface area contributed by atoms with Gasteiger partial charge in [0.1, 0.15) is 6.61 Å². The molecule has 4 nitrogen and oxygen atoms in total. The number of ether oxygens (including phenoxy) is 1. The number of carbonyl (C=O) groups excluding carboxylic acids is 1. The molecule has 0 N–H and O–H groups in total. The Morgan fingerprint density at radius 2 is 1.95 bits per heavy atom. The van der Waals surface area contributed by atoms with Gasteiger partial charge in [-0.15, -0.1) is 0 Å². The summed E-state index contributed by atoms with van der Waals surface area (Å²) >= 11 is 3.13. The molecule has 0 heterocycles. The molecule has 0 aliphatic rings. The first kappa shape index (κ1) is 16.1. The second-order valence-electron chi connectivity index (χ2n) is 3.50. The van der Waals surface area contributed by atoms with Crippen molar-refractivity contribution in [2.45, 2.75) is 6.18 Å². The normalized spacial score (nSPS) is 11.7. The zero-order valence-electron chi connectivity index (χ0n) is 9.89. The number of nitrogens with zero attached hydrogens (tertiary/aromatic N) is 2. The van der Waals surface area contributed by atoms with Crippen molar-refractivity contribution in [2.75, 3.05) is 6.61 Å². The Labute approximate surface area is 120 Å². The van der Waals surface area contributed by atoms with E-state index in [0.717, 1.165) is 6.08 Å². The van der Waals surface area contributed by atoms with Crippen LogP contribution in [0.2, 0.25) is 0 Å². The number of hydrogen-bond donors (Lipinski definition) is 0. The molecule has 0 aliphatic heterocycles. The Bertz CT molecular complexity index is 561. The van der Waals surface area contributed by atoms with Crippen molar-refractivity contribution in [1.82, 2.24) is 0 Å². The third-order valence-electron chi connectivity index (χ3n) is 2.14. The van der Waals surface area contributed by atoms with E-state index in [-0.39, 0.29) is 5.56 Å². The van der Waals surface area contributed by atoms with Gasteiger partial charge in [-0.25, -0.2) is 4.79 Å². The van der Waals surface area contributed by atoms with Crippen molar-refractivity contribution in [1.29, 1.82) is 0 Å². The van der Waals surface area contributed by atoms with E-state index in [1.165, 1.54) is 24.3 Å². The molecule has 0 unspecified atom stereocenters. The topological polar surface area (TPSA) is 62.7 Å². The molecule has 0 amide bonds. The maximum Gasteiger partial charge on any atom is 0.416 e. The largest absolute Gasteiger partial charge is 0.453 e. The van der Waals surface area contributed by atoms with Crippen molar-refractivity contribution in [3.8, 4) is 0 Å². The maximum atomic E-state index is 12.9. The van der Waals surface area contributed by atoms with Gasteiger partial charge in [-0.05, 0) is 23.8 Å². The van der Waals surface area contributed by atoms with E-state index < -0.39 is 24.3 Å². The zero-order chi connectivity index (χ0) is 15.2. The minimum absolute atomic E-state index is 0.0485. The molecule has 1 aromatic rings. The molecule has 8 heteroatoms. The van der Waals surface area contributed by atoms with Crippen LogP contribution in [0.1, 0.15) is 5.56 Å². The monoisotopic (exact) mass is 348 g/mol. The number of hydrogen-bond acceptors (Lipinski definition) is 2. The summed E-state index contributed by atoms with van der Waals surface area (Å²) in [6.45, 7) is -0.588. The first-order valence-electron chi connectivity index (χ1n) is 5.22. The highest BCUT2D eigenvalue weighted by Crippen LogP contribution is 2.34. The number of allylic oxidation sites excluding steroid dienone is 1. The van der Waals surface area contributed by atoms with Crippen LogP contribution in [0.3, 0.4) is 0 Å². The average molecular weight is 349 g/mol. The van der Waals surface area contributed by atoms with Crippen molar-refractivity contribution in [3.63, 3.8) is 0 Å². The Balaban J connectivity index is 2.93. The lowest BCUT2D eigenvalue weighted by molar-refractivity contribution is -0.137. The van der Waals surface area contributed by atoms with Crippen molar-refractivity contribution in [2.24, 2.45) is 0 Å². The lowest BCUT2D eigenvalue weighted by Crippen LogP contribution is -2.13. The SMILES string of the molecule is [N-]=[N+]=CC(=O)OC/C=C(/c1ccc(Br)cc1)C(F)(F)F. The average Bonchev–Trinajstić information content (AvgIpc) is 2.35. The van der Waals surface area contributed by atoms with Crippen molar-refractivity contribution < 1.29 is 27.5 Å². The van der Waals surface area contributed by atoms with Gasteiger partial charge in [-0.1, -0.05) is 28.1 Å². The molecule has 0 saturated heterocycles. The molecule has 1 rings (SSSR count). The molecule has 0 aromatic heterocycles. The molecule has 0 bridgehead atoms. The highest BCUT2D eigenvalue weighted by atomic mass is 79.9. The van der Waals surface area contributed by atoms with Crippen LogP contribution in [0.25, 0.3) is 11.1 Å². The number of rotatable bonds is 4. The van der Waals surface area contributed by atoms with E-state index in [9.17, 15) is 18.0 Å². The van der Waals surface area contributed by atoms with Crippen LogP contribution >= 0.6 is 15.9 Å². The second kappa shape index (κ2) is 7.02. The van der Waals surface area contributed by atoms with Gasteiger partial charge < -0.3 is 10.3 Å². The second-order valence-corrected chi connectivity index (χ2v) is 4.41. The van der Waals surface area contributed by atoms with Gasteiger partial charge in [-0.3, -0.25) is 0 Å². The number of esters is 1. The van der Waals surface area contributed by atoms with E-state index in [2.05, 4.69) is 25.5 Å². The highest BCUT2D eigenvalue weighted by molar-refractivity contribution is 9.10. The van der Waals surface area contributed by atoms with E-state index in [4.69, 9.17) is 5.53 Å². The summed E-state index contributed by atoms with van der Waals surface area (Å²) in [5.74, 6) is -1.04. The molecule has 0 aliphatic carbocycles. The lowest BCUT2D eigenvalue weighted by atomic mass is 10.1. The summed E-state index contributed by atoms with van der Waals surface area (Å²) < 4.78 is 43.7. The van der Waals surface area contributed by atoms with Crippen LogP contribution in [-0.4, -0.2) is 29.8 Å². The number of benzene rings is 1. The van der Waals surface area contributed by atoms with E-state index in [1.54, 1.807) is 0 Å². The fraction of sp³-hybridized carbons (Fsp3) is 0.167. The smallest absolute Gasteiger partial charge is 0.416 e. The summed E-state index contributed by atoms with van der Waals surface area (Å²) in [5, 5.41) is 0. The van der Waals surface area contributed by atoms with Gasteiger partial charge in [0.25, 0.3) is 0 Å². The molecule has 20 heavy (non-hydrogen) atoms. The summed E-state index contributed by atoms with van der Waals surface area (Å²) in [6.07, 6.45) is -3.39. The van der Waals surface area contributed by atoms with E-state index in [1.807, 2.05) is 0 Å². The lowest BCUT2D eigenvalue weighted by Gasteiger charge is -2.12. The van der Waals surface area contributed by atoms with Gasteiger partial charge in [0.15, 0.2) is 0 Å². The molecular weight excluding hydrogens is 341 g/mol. The Morgan fingerprint density at radius 3 is 2.45 bits per heavy atom. The Kier molecular flexibility index (Phi) is 5.66. The van der Waals surface area contributed by atoms with Gasteiger partial charge in [-0.2, -0.15) is 18.0 Å². The first-order valence-corrected chi connectivity index (χ1v) is 6.01. The van der Waals surface area contributed by atoms with Crippen molar-refractivity contribution >= 4 is 33.7 Å². The van der Waals surface area contributed by atoms with Gasteiger partial charge in [0, 0.05) is 4.47 Å². The molecular formula is C12H8BrF3N2O2. The number of alkyl halides is 3. The standard InChI is InChI=1S/C12H8BrF3N2O2/c13-9-3-1-8(2-4-9)10(12(14,15)16)5-6-20-11(19)7-18-17/h1-5,7H,6H2/b10-5-. The summed E-state index contributed by atoms with van der Waals surface area (Å²) in [7, 11) is 0. The van der Waals surface area contributed by atoms with E-state index >= 15 is 0 Å². The van der Waals surface area contributed by atoms with Crippen LogP contribution in [0.5, 0.6) is 0 Å². The molecule has 0 radical (unpaired) electrons. The minimum Gasteiger partial charge on any atom is -0.453 e. The van der Waals surface area contributed by atoms with Crippen LogP contribution in [0.15, 0.2) is 34.8 Å². The van der Waals surface area contributed by atoms with Crippen LogP contribution in [0, 0.1) is 0 Å². The van der Waals surface area contributed by atoms with Crippen LogP contribution in [-0.2, 0) is 9.53 Å². The van der Waals surface area contributed by atoms with E-state index in [0.29, 0.717) is 10.7 Å². The minimum atomic E-state index is -4.58. The number of halogens is 4. The predicted molar refractivity (Wildman–Crippen MR) is 68.8 cm³/mol. The number of carbonyl (C=O) groups is 1. The van der Waals surface area contributed by atoms with Crippen LogP contribution in [0.4, 0.5) is 13.2 Å². The highest BCUT2D eigenvalue weighted by Gasteiger charge is 2.34. The molecule has 1 aromatic carbocycles.